The standard InChI is InChI=1S/C18H19NOS/c1-3-20-17-7-4-14(5-8-17)13(2)19-16-6-9-18-15(12-16)10-11-21-18/h4-13,19H,3H2,1-2H3. The van der Waals surface area contributed by atoms with E-state index >= 15 is 0 Å². The van der Waals surface area contributed by atoms with Gasteiger partial charge in [-0.25, -0.2) is 0 Å². The lowest BCUT2D eigenvalue weighted by molar-refractivity contribution is 0.340. The van der Waals surface area contributed by atoms with Crippen LogP contribution in [0.5, 0.6) is 5.75 Å². The fraction of sp³-hybridized carbons (Fsp3) is 0.222. The monoisotopic (exact) mass is 297 g/mol. The van der Waals surface area contributed by atoms with E-state index < -0.39 is 0 Å². The van der Waals surface area contributed by atoms with Crippen LogP contribution in [0.1, 0.15) is 25.5 Å². The van der Waals surface area contributed by atoms with E-state index in [0.717, 1.165) is 11.4 Å². The van der Waals surface area contributed by atoms with Gasteiger partial charge in [0.15, 0.2) is 0 Å². The summed E-state index contributed by atoms with van der Waals surface area (Å²) in [6, 6.07) is 17.2. The summed E-state index contributed by atoms with van der Waals surface area (Å²) in [6.07, 6.45) is 0. The van der Waals surface area contributed by atoms with E-state index in [2.05, 4.69) is 54.0 Å². The second kappa shape index (κ2) is 6.19. The first-order valence-corrected chi connectivity index (χ1v) is 8.11. The molecule has 0 aliphatic rings. The second-order valence-corrected chi connectivity index (χ2v) is 5.99. The number of thiophene rings is 1. The van der Waals surface area contributed by atoms with Crippen molar-refractivity contribution in [3.05, 3.63) is 59.5 Å². The second-order valence-electron chi connectivity index (χ2n) is 5.04. The van der Waals surface area contributed by atoms with Crippen molar-refractivity contribution < 1.29 is 4.74 Å². The van der Waals surface area contributed by atoms with Crippen LogP contribution in [0.4, 0.5) is 5.69 Å². The van der Waals surface area contributed by atoms with E-state index in [-0.39, 0.29) is 6.04 Å². The van der Waals surface area contributed by atoms with Gasteiger partial charge >= 0.3 is 0 Å². The van der Waals surface area contributed by atoms with Crippen LogP contribution in [0.3, 0.4) is 0 Å². The molecule has 0 saturated carbocycles. The zero-order valence-corrected chi connectivity index (χ0v) is 13.1. The average molecular weight is 297 g/mol. The van der Waals surface area contributed by atoms with Crippen LogP contribution in [0.15, 0.2) is 53.9 Å². The Morgan fingerprint density at radius 2 is 1.90 bits per heavy atom. The first-order chi connectivity index (χ1) is 10.3. The van der Waals surface area contributed by atoms with Gasteiger partial charge in [-0.1, -0.05) is 12.1 Å². The van der Waals surface area contributed by atoms with Crippen molar-refractivity contribution in [3.8, 4) is 5.75 Å². The molecule has 0 saturated heterocycles. The first kappa shape index (κ1) is 14.0. The fourth-order valence-electron chi connectivity index (χ4n) is 2.41. The average Bonchev–Trinajstić information content (AvgIpc) is 2.96. The SMILES string of the molecule is CCOc1ccc(C(C)Nc2ccc3sccc3c2)cc1. The molecule has 1 heterocycles. The van der Waals surface area contributed by atoms with Gasteiger partial charge in [0, 0.05) is 16.4 Å². The zero-order chi connectivity index (χ0) is 14.7. The molecule has 3 heteroatoms. The van der Waals surface area contributed by atoms with Gasteiger partial charge < -0.3 is 10.1 Å². The maximum Gasteiger partial charge on any atom is 0.119 e. The molecule has 1 unspecified atom stereocenters. The lowest BCUT2D eigenvalue weighted by atomic mass is 10.1. The molecule has 0 radical (unpaired) electrons. The number of anilines is 1. The minimum Gasteiger partial charge on any atom is -0.494 e. The minimum atomic E-state index is 0.261. The summed E-state index contributed by atoms with van der Waals surface area (Å²) in [6.45, 7) is 4.87. The van der Waals surface area contributed by atoms with E-state index in [1.807, 2.05) is 19.1 Å². The summed E-state index contributed by atoms with van der Waals surface area (Å²) < 4.78 is 6.81. The quantitative estimate of drug-likeness (QED) is 0.674. The summed E-state index contributed by atoms with van der Waals surface area (Å²) in [5.41, 5.74) is 2.41. The van der Waals surface area contributed by atoms with E-state index in [9.17, 15) is 0 Å². The van der Waals surface area contributed by atoms with Gasteiger partial charge in [-0.15, -0.1) is 11.3 Å². The van der Waals surface area contributed by atoms with Crippen LogP contribution in [0.25, 0.3) is 10.1 Å². The van der Waals surface area contributed by atoms with Gasteiger partial charge in [0.25, 0.3) is 0 Å². The molecule has 108 valence electrons. The number of hydrogen-bond donors (Lipinski definition) is 1. The number of ether oxygens (including phenoxy) is 1. The van der Waals surface area contributed by atoms with Crippen LogP contribution in [0, 0.1) is 0 Å². The molecule has 0 spiro atoms. The predicted octanol–water partition coefficient (Wildman–Crippen LogP) is 5.47. The van der Waals surface area contributed by atoms with Crippen molar-refractivity contribution >= 4 is 27.1 Å². The topological polar surface area (TPSA) is 21.3 Å². The lowest BCUT2D eigenvalue weighted by Gasteiger charge is -2.16. The normalized spacial score (nSPS) is 12.3. The van der Waals surface area contributed by atoms with E-state index in [0.29, 0.717) is 6.61 Å². The maximum absolute atomic E-state index is 5.48. The van der Waals surface area contributed by atoms with Gasteiger partial charge in [-0.3, -0.25) is 0 Å². The van der Waals surface area contributed by atoms with Crippen molar-refractivity contribution in [1.29, 1.82) is 0 Å². The van der Waals surface area contributed by atoms with Crippen molar-refractivity contribution in [2.45, 2.75) is 19.9 Å². The molecule has 0 aliphatic heterocycles. The van der Waals surface area contributed by atoms with Crippen LogP contribution < -0.4 is 10.1 Å². The maximum atomic E-state index is 5.48. The van der Waals surface area contributed by atoms with Crippen LogP contribution in [-0.4, -0.2) is 6.61 Å². The zero-order valence-electron chi connectivity index (χ0n) is 12.3. The number of fused-ring (bicyclic) bond motifs is 1. The van der Waals surface area contributed by atoms with Gasteiger partial charge in [0.05, 0.1) is 6.61 Å². The Morgan fingerprint density at radius 1 is 1.10 bits per heavy atom. The summed E-state index contributed by atoms with van der Waals surface area (Å²) in [5, 5.41) is 6.98. The van der Waals surface area contributed by atoms with Crippen LogP contribution in [0.2, 0.25) is 0 Å². The highest BCUT2D eigenvalue weighted by atomic mass is 32.1. The third-order valence-corrected chi connectivity index (χ3v) is 4.42. The minimum absolute atomic E-state index is 0.261. The Kier molecular flexibility index (Phi) is 4.11. The van der Waals surface area contributed by atoms with Gasteiger partial charge in [-0.05, 0) is 66.6 Å². The Bertz CT molecular complexity index is 717. The first-order valence-electron chi connectivity index (χ1n) is 7.23. The molecule has 0 amide bonds. The van der Waals surface area contributed by atoms with Gasteiger partial charge in [-0.2, -0.15) is 0 Å². The van der Waals surface area contributed by atoms with Crippen LogP contribution >= 0.6 is 11.3 Å². The number of benzene rings is 2. The fourth-order valence-corrected chi connectivity index (χ4v) is 3.18. The molecular weight excluding hydrogens is 278 g/mol. The Morgan fingerprint density at radius 3 is 2.67 bits per heavy atom. The van der Waals surface area contributed by atoms with Crippen LogP contribution in [-0.2, 0) is 0 Å². The molecule has 3 aromatic rings. The van der Waals surface area contributed by atoms with Gasteiger partial charge in [0.2, 0.25) is 0 Å². The molecular formula is C18H19NOS. The number of rotatable bonds is 5. The van der Waals surface area contributed by atoms with Crippen molar-refractivity contribution in [2.24, 2.45) is 0 Å². The Hall–Kier alpha value is -2.00. The largest absolute Gasteiger partial charge is 0.494 e. The highest BCUT2D eigenvalue weighted by Gasteiger charge is 2.06. The van der Waals surface area contributed by atoms with Crippen molar-refractivity contribution in [2.75, 3.05) is 11.9 Å². The molecule has 1 aromatic heterocycles. The van der Waals surface area contributed by atoms with Crippen molar-refractivity contribution in [1.82, 2.24) is 0 Å². The molecule has 0 fully saturated rings. The lowest BCUT2D eigenvalue weighted by Crippen LogP contribution is -2.06. The molecule has 0 aliphatic carbocycles. The highest BCUT2D eigenvalue weighted by Crippen LogP contribution is 2.27. The molecule has 0 bridgehead atoms. The Labute approximate surface area is 129 Å². The molecule has 1 atom stereocenters. The predicted molar refractivity (Wildman–Crippen MR) is 91.5 cm³/mol. The van der Waals surface area contributed by atoms with Gasteiger partial charge in [0.1, 0.15) is 5.75 Å². The molecule has 21 heavy (non-hydrogen) atoms. The van der Waals surface area contributed by atoms with Crippen molar-refractivity contribution in [3.63, 3.8) is 0 Å². The van der Waals surface area contributed by atoms with E-state index in [1.54, 1.807) is 11.3 Å². The molecule has 2 aromatic carbocycles. The molecule has 2 nitrogen and oxygen atoms in total. The van der Waals surface area contributed by atoms with E-state index in [4.69, 9.17) is 4.74 Å². The smallest absolute Gasteiger partial charge is 0.119 e. The summed E-state index contributed by atoms with van der Waals surface area (Å²) in [5.74, 6) is 0.924. The molecule has 3 rings (SSSR count). The summed E-state index contributed by atoms with van der Waals surface area (Å²) in [7, 11) is 0. The third-order valence-electron chi connectivity index (χ3n) is 3.53. The Balaban J connectivity index is 1.73. The number of nitrogens with one attached hydrogen (secondary N) is 1. The summed E-state index contributed by atoms with van der Waals surface area (Å²) >= 11 is 1.78. The highest BCUT2D eigenvalue weighted by molar-refractivity contribution is 7.17. The van der Waals surface area contributed by atoms with E-state index in [1.165, 1.54) is 15.6 Å². The molecule has 1 N–H and O–H groups in total. The third kappa shape index (κ3) is 3.19. The summed E-state index contributed by atoms with van der Waals surface area (Å²) in [4.78, 5) is 0. The number of hydrogen-bond acceptors (Lipinski definition) is 3.